The molecule has 2 saturated heterocycles. The standard InChI is InChI=1S/C45H56N8O12/c1-26(12-6-3-4-7-13-27-14-8-5-9-15-27)40(60)41(61)39-42(62)44(64)50-33-20-35(56)52-45(33,65)21-38(59)53(2)25-37(58)49-32(18-28-22-46-31-17-11-10-16-30(28)31)43(63)48-24-36(57)47-23-29(54)19-34(55)51-39/h3-17,22,26,29,32-33,39-42,46,54,60-62,65H,18-21,23-25H2,1-2H3,(H,47,57)(H,48,63)(H,49,58)(H,50,64)(H,51,55)(H,52,56)/b4-3+,12-6+,13-7+/t26-,29-,32+,33-,39-,40+,41+,42+,45-/m1/s1. The molecular formula is C45H56N8O12. The van der Waals surface area contributed by atoms with Crippen molar-refractivity contribution < 1.29 is 59.1 Å². The number of para-hydroxylation sites is 1. The van der Waals surface area contributed by atoms with E-state index in [1.165, 1.54) is 20.0 Å². The van der Waals surface area contributed by atoms with Crippen LogP contribution in [0.1, 0.15) is 37.3 Å². The average molecular weight is 901 g/mol. The van der Waals surface area contributed by atoms with Gasteiger partial charge in [-0.05, 0) is 17.2 Å². The number of β-amino-alcohol motifs (C(OH)–C–C–N with tert-alkyl or cyclic N) is 1. The Kier molecular flexibility index (Phi) is 17.3. The number of aliphatic hydroxyl groups is 5. The molecule has 20 heteroatoms. The summed E-state index contributed by atoms with van der Waals surface area (Å²) in [6.07, 6.45) is 1.91. The molecule has 65 heavy (non-hydrogen) atoms. The van der Waals surface area contributed by atoms with Crippen LogP contribution in [0.5, 0.6) is 0 Å². The van der Waals surface area contributed by atoms with Crippen LogP contribution in [0.3, 0.4) is 0 Å². The fraction of sp³-hybridized carbons (Fsp3) is 0.400. The first-order chi connectivity index (χ1) is 30.9. The second-order valence-corrected chi connectivity index (χ2v) is 16.1. The van der Waals surface area contributed by atoms with Crippen molar-refractivity contribution in [3.63, 3.8) is 0 Å². The minimum Gasteiger partial charge on any atom is -0.391 e. The van der Waals surface area contributed by atoms with E-state index in [1.54, 1.807) is 36.6 Å². The van der Waals surface area contributed by atoms with Crippen molar-refractivity contribution in [2.24, 2.45) is 5.92 Å². The SMILES string of the molecule is C[C@H](/C=C/C=C/C=C/c1ccccc1)[C@H](O)[C@@H](O)[C@H]1NC(=O)C[C@@H](O)CNC(=O)CNC(=O)[C@H](Cc2c[nH]c3ccccc23)NC(=O)CN(C)C(=O)C[C@]2(O)NC(=O)C[C@H]2NC(=O)[C@H]1O. The molecule has 9 atom stereocenters. The molecule has 2 aliphatic heterocycles. The summed E-state index contributed by atoms with van der Waals surface area (Å²) in [5, 5.41) is 71.1. The van der Waals surface area contributed by atoms with Gasteiger partial charge in [0, 0.05) is 43.0 Å². The highest BCUT2D eigenvalue weighted by Gasteiger charge is 2.49. The van der Waals surface area contributed by atoms with Gasteiger partial charge in [-0.15, -0.1) is 0 Å². The van der Waals surface area contributed by atoms with E-state index in [0.29, 0.717) is 5.56 Å². The summed E-state index contributed by atoms with van der Waals surface area (Å²) < 4.78 is 0. The Bertz CT molecular complexity index is 2280. The Labute approximate surface area is 374 Å². The second-order valence-electron chi connectivity index (χ2n) is 16.1. The molecule has 2 fully saturated rings. The minimum absolute atomic E-state index is 0.0409. The first-order valence-electron chi connectivity index (χ1n) is 21.0. The summed E-state index contributed by atoms with van der Waals surface area (Å²) >= 11 is 0. The van der Waals surface area contributed by atoms with Crippen LogP contribution in [-0.4, -0.2) is 152 Å². The number of amides is 7. The van der Waals surface area contributed by atoms with Gasteiger partial charge in [-0.25, -0.2) is 0 Å². The van der Waals surface area contributed by atoms with Crippen LogP contribution in [-0.2, 0) is 40.0 Å². The maximum Gasteiger partial charge on any atom is 0.251 e. The fourth-order valence-electron chi connectivity index (χ4n) is 7.33. The summed E-state index contributed by atoms with van der Waals surface area (Å²) in [4.78, 5) is 96.6. The number of aliphatic hydroxyl groups excluding tert-OH is 4. The molecule has 12 N–H and O–H groups in total. The van der Waals surface area contributed by atoms with E-state index in [4.69, 9.17) is 0 Å². The van der Waals surface area contributed by atoms with Gasteiger partial charge in [0.2, 0.25) is 35.4 Å². The second kappa shape index (κ2) is 22.8. The number of aromatic nitrogens is 1. The molecular weight excluding hydrogens is 845 g/mol. The first kappa shape index (κ1) is 49.3. The van der Waals surface area contributed by atoms with E-state index in [0.717, 1.165) is 21.4 Å². The number of nitrogens with one attached hydrogen (secondary N) is 7. The number of hydrogen-bond donors (Lipinski definition) is 12. The van der Waals surface area contributed by atoms with Crippen LogP contribution in [0.4, 0.5) is 0 Å². The maximum atomic E-state index is 13.6. The number of allylic oxidation sites excluding steroid dienone is 4. The molecule has 3 aromatic rings. The topological polar surface area (TPSA) is 312 Å². The number of likely N-dealkylation sites (N-methyl/N-ethyl adjacent to an activating group) is 1. The van der Waals surface area contributed by atoms with Crippen LogP contribution in [0, 0.1) is 5.92 Å². The van der Waals surface area contributed by atoms with E-state index in [-0.39, 0.29) is 6.42 Å². The summed E-state index contributed by atoms with van der Waals surface area (Å²) in [5.74, 6) is -7.22. The number of benzene rings is 2. The van der Waals surface area contributed by atoms with Crippen molar-refractivity contribution in [1.29, 1.82) is 0 Å². The summed E-state index contributed by atoms with van der Waals surface area (Å²) in [7, 11) is 1.23. The molecule has 1 aromatic heterocycles. The average Bonchev–Trinajstić information content (AvgIpc) is 3.81. The van der Waals surface area contributed by atoms with Crippen LogP contribution < -0.4 is 31.9 Å². The normalized spacial score (nSPS) is 26.5. The van der Waals surface area contributed by atoms with Gasteiger partial charge in [0.1, 0.15) is 12.1 Å². The van der Waals surface area contributed by atoms with E-state index < -0.39 is 134 Å². The maximum absolute atomic E-state index is 13.6. The predicted molar refractivity (Wildman–Crippen MR) is 235 cm³/mol. The third-order valence-corrected chi connectivity index (χ3v) is 11.0. The quantitative estimate of drug-likeness (QED) is 0.102. The molecule has 5 rings (SSSR count). The molecule has 0 aliphatic carbocycles. The molecule has 7 amide bonds. The van der Waals surface area contributed by atoms with Gasteiger partial charge >= 0.3 is 0 Å². The van der Waals surface area contributed by atoms with Crippen LogP contribution >= 0.6 is 0 Å². The van der Waals surface area contributed by atoms with Crippen molar-refractivity contribution in [3.05, 3.63) is 102 Å². The van der Waals surface area contributed by atoms with Gasteiger partial charge in [0.15, 0.2) is 11.8 Å². The third-order valence-electron chi connectivity index (χ3n) is 11.0. The summed E-state index contributed by atoms with van der Waals surface area (Å²) in [6.45, 7) is -0.224. The molecule has 0 spiro atoms. The zero-order valence-electron chi connectivity index (χ0n) is 35.8. The van der Waals surface area contributed by atoms with Crippen molar-refractivity contribution in [1.82, 2.24) is 41.8 Å². The van der Waals surface area contributed by atoms with Gasteiger partial charge < -0.3 is 67.3 Å². The van der Waals surface area contributed by atoms with Gasteiger partial charge in [0.25, 0.3) is 5.91 Å². The first-order valence-corrected chi connectivity index (χ1v) is 21.0. The molecule has 0 radical (unpaired) electrons. The van der Waals surface area contributed by atoms with Gasteiger partial charge in [-0.3, -0.25) is 33.6 Å². The van der Waals surface area contributed by atoms with E-state index >= 15 is 0 Å². The third kappa shape index (κ3) is 13.9. The van der Waals surface area contributed by atoms with E-state index in [2.05, 4.69) is 36.9 Å². The fourth-order valence-corrected chi connectivity index (χ4v) is 7.33. The number of nitrogens with zero attached hydrogens (tertiary/aromatic N) is 1. The largest absolute Gasteiger partial charge is 0.391 e. The highest BCUT2D eigenvalue weighted by atomic mass is 16.3. The van der Waals surface area contributed by atoms with Crippen molar-refractivity contribution in [3.8, 4) is 0 Å². The van der Waals surface area contributed by atoms with Crippen LogP contribution in [0.25, 0.3) is 17.0 Å². The van der Waals surface area contributed by atoms with Gasteiger partial charge in [-0.1, -0.05) is 91.9 Å². The Morgan fingerprint density at radius 1 is 0.800 bits per heavy atom. The number of rotatable bonds is 9. The van der Waals surface area contributed by atoms with Crippen LogP contribution in [0.15, 0.2) is 91.2 Å². The zero-order chi connectivity index (χ0) is 47.3. The highest BCUT2D eigenvalue weighted by molar-refractivity contribution is 5.94. The van der Waals surface area contributed by atoms with E-state index in [1.807, 2.05) is 54.6 Å². The molecule has 348 valence electrons. The Morgan fingerprint density at radius 2 is 1.51 bits per heavy atom. The summed E-state index contributed by atoms with van der Waals surface area (Å²) in [6, 6.07) is 12.0. The lowest BCUT2D eigenvalue weighted by molar-refractivity contribution is -0.145. The number of aromatic amines is 1. The number of carbonyl (C=O) groups excluding carboxylic acids is 7. The Hall–Kier alpha value is -6.71. The smallest absolute Gasteiger partial charge is 0.251 e. The lowest BCUT2D eigenvalue weighted by Crippen LogP contribution is -2.63. The van der Waals surface area contributed by atoms with E-state index in [9.17, 15) is 59.1 Å². The monoisotopic (exact) mass is 900 g/mol. The number of hydrogen-bond acceptors (Lipinski definition) is 12. The van der Waals surface area contributed by atoms with Gasteiger partial charge in [-0.2, -0.15) is 0 Å². The van der Waals surface area contributed by atoms with Crippen molar-refractivity contribution in [2.75, 3.05) is 26.7 Å². The minimum atomic E-state index is -2.45. The molecule has 0 bridgehead atoms. The molecule has 0 unspecified atom stereocenters. The molecule has 0 saturated carbocycles. The molecule has 2 aliphatic rings. The number of carbonyl (C=O) groups is 7. The van der Waals surface area contributed by atoms with Crippen molar-refractivity contribution >= 4 is 58.3 Å². The van der Waals surface area contributed by atoms with Crippen molar-refractivity contribution in [2.45, 2.75) is 80.9 Å². The molecule has 2 aromatic carbocycles. The summed E-state index contributed by atoms with van der Waals surface area (Å²) in [5.41, 5.74) is -0.0654. The predicted octanol–water partition coefficient (Wildman–Crippen LogP) is -2.24. The number of fused-ring (bicyclic) bond motifs is 2. The Balaban J connectivity index is 1.35. The Morgan fingerprint density at radius 3 is 2.26 bits per heavy atom. The van der Waals surface area contributed by atoms with Crippen LogP contribution in [0.2, 0.25) is 0 Å². The number of H-pyrrole nitrogens is 1. The highest BCUT2D eigenvalue weighted by Crippen LogP contribution is 2.24. The van der Waals surface area contributed by atoms with Gasteiger partial charge in [0.05, 0.1) is 56.6 Å². The zero-order valence-corrected chi connectivity index (χ0v) is 35.8. The lowest BCUT2D eigenvalue weighted by Gasteiger charge is -2.34. The molecule has 3 heterocycles. The molecule has 20 nitrogen and oxygen atoms in total. The lowest BCUT2D eigenvalue weighted by atomic mass is 9.91.